The number of fused-ring (bicyclic) bond motifs is 1. The highest BCUT2D eigenvalue weighted by molar-refractivity contribution is 9.10. The number of hydrogen-bond acceptors (Lipinski definition) is 4. The van der Waals surface area contributed by atoms with Gasteiger partial charge in [0.1, 0.15) is 19.0 Å². The Labute approximate surface area is 162 Å². The van der Waals surface area contributed by atoms with Gasteiger partial charge in [0.25, 0.3) is 5.91 Å². The molecule has 0 radical (unpaired) electrons. The van der Waals surface area contributed by atoms with E-state index in [2.05, 4.69) is 15.9 Å². The number of amides is 1. The molecule has 0 saturated carbocycles. The lowest BCUT2D eigenvalue weighted by Crippen LogP contribution is -2.37. The van der Waals surface area contributed by atoms with E-state index < -0.39 is 6.10 Å². The fraction of sp³-hybridized carbons (Fsp3) is 0.350. The first kappa shape index (κ1) is 18.6. The zero-order valence-corrected chi connectivity index (χ0v) is 16.7. The van der Waals surface area contributed by atoms with Crippen molar-refractivity contribution >= 4 is 21.8 Å². The standard InChI is InChI=1S/C20H22BrNO4/c1-13-4-6-17(16(21)10-13)26-14(2)20(23)22(3)12-15-5-7-18-19(11-15)25-9-8-24-18/h4-7,10-11,14H,8-9,12H2,1-3H3. The summed E-state index contributed by atoms with van der Waals surface area (Å²) in [5.74, 6) is 2.04. The number of benzene rings is 2. The molecule has 6 heteroatoms. The van der Waals surface area contributed by atoms with E-state index in [0.29, 0.717) is 25.5 Å². The molecule has 1 unspecified atom stereocenters. The summed E-state index contributed by atoms with van der Waals surface area (Å²) in [7, 11) is 1.77. The van der Waals surface area contributed by atoms with Crippen LogP contribution >= 0.6 is 15.9 Å². The molecule has 3 rings (SSSR count). The molecule has 0 N–H and O–H groups in total. The second kappa shape index (κ2) is 7.99. The van der Waals surface area contributed by atoms with Gasteiger partial charge in [-0.05, 0) is 65.2 Å². The molecule has 1 aliphatic rings. The Morgan fingerprint density at radius 2 is 1.92 bits per heavy atom. The van der Waals surface area contributed by atoms with Crippen molar-refractivity contribution in [3.05, 3.63) is 52.0 Å². The molecule has 1 heterocycles. The van der Waals surface area contributed by atoms with Crippen molar-refractivity contribution in [2.45, 2.75) is 26.5 Å². The smallest absolute Gasteiger partial charge is 0.263 e. The van der Waals surface area contributed by atoms with Crippen LogP contribution in [0.15, 0.2) is 40.9 Å². The number of carbonyl (C=O) groups excluding carboxylic acids is 1. The van der Waals surface area contributed by atoms with Crippen LogP contribution in [-0.2, 0) is 11.3 Å². The van der Waals surface area contributed by atoms with E-state index in [1.165, 1.54) is 0 Å². The van der Waals surface area contributed by atoms with Crippen LogP contribution in [-0.4, -0.2) is 37.2 Å². The Bertz CT molecular complexity index is 808. The summed E-state index contributed by atoms with van der Waals surface area (Å²) >= 11 is 3.47. The fourth-order valence-corrected chi connectivity index (χ4v) is 3.38. The van der Waals surface area contributed by atoms with Crippen molar-refractivity contribution in [1.29, 1.82) is 0 Å². The number of nitrogens with zero attached hydrogens (tertiary/aromatic N) is 1. The molecule has 0 aromatic heterocycles. The van der Waals surface area contributed by atoms with E-state index >= 15 is 0 Å². The molecule has 5 nitrogen and oxygen atoms in total. The predicted octanol–water partition coefficient (Wildman–Crippen LogP) is 3.95. The first-order valence-electron chi connectivity index (χ1n) is 8.50. The lowest BCUT2D eigenvalue weighted by atomic mass is 10.1. The van der Waals surface area contributed by atoms with Crippen LogP contribution in [0, 0.1) is 6.92 Å². The van der Waals surface area contributed by atoms with Crippen molar-refractivity contribution in [3.63, 3.8) is 0 Å². The van der Waals surface area contributed by atoms with E-state index in [0.717, 1.165) is 27.1 Å². The highest BCUT2D eigenvalue weighted by atomic mass is 79.9. The number of aryl methyl sites for hydroxylation is 1. The van der Waals surface area contributed by atoms with Crippen LogP contribution in [0.4, 0.5) is 0 Å². The lowest BCUT2D eigenvalue weighted by Gasteiger charge is -2.24. The van der Waals surface area contributed by atoms with Crippen LogP contribution in [0.2, 0.25) is 0 Å². The van der Waals surface area contributed by atoms with Crippen molar-refractivity contribution in [1.82, 2.24) is 4.90 Å². The first-order valence-corrected chi connectivity index (χ1v) is 9.29. The predicted molar refractivity (Wildman–Crippen MR) is 103 cm³/mol. The zero-order valence-electron chi connectivity index (χ0n) is 15.1. The van der Waals surface area contributed by atoms with Gasteiger partial charge in [0.05, 0.1) is 4.47 Å². The molecule has 0 aliphatic carbocycles. The molecule has 1 amide bonds. The lowest BCUT2D eigenvalue weighted by molar-refractivity contribution is -0.137. The highest BCUT2D eigenvalue weighted by Gasteiger charge is 2.21. The van der Waals surface area contributed by atoms with E-state index in [1.807, 2.05) is 43.3 Å². The summed E-state index contributed by atoms with van der Waals surface area (Å²) in [6.07, 6.45) is -0.587. The second-order valence-corrected chi connectivity index (χ2v) is 7.22. The summed E-state index contributed by atoms with van der Waals surface area (Å²) in [6, 6.07) is 11.5. The van der Waals surface area contributed by atoms with E-state index in [9.17, 15) is 4.79 Å². The minimum Gasteiger partial charge on any atom is -0.486 e. The van der Waals surface area contributed by atoms with Gasteiger partial charge in [-0.2, -0.15) is 0 Å². The third kappa shape index (κ3) is 4.30. The largest absolute Gasteiger partial charge is 0.486 e. The Balaban J connectivity index is 1.63. The van der Waals surface area contributed by atoms with Gasteiger partial charge >= 0.3 is 0 Å². The Kier molecular flexibility index (Phi) is 5.71. The Hall–Kier alpha value is -2.21. The molecular weight excluding hydrogens is 398 g/mol. The fourth-order valence-electron chi connectivity index (χ4n) is 2.79. The SMILES string of the molecule is Cc1ccc(OC(C)C(=O)N(C)Cc2ccc3c(c2)OCCO3)c(Br)c1. The molecule has 0 bridgehead atoms. The summed E-state index contributed by atoms with van der Waals surface area (Å²) in [5, 5.41) is 0. The minimum atomic E-state index is -0.587. The molecule has 1 atom stereocenters. The van der Waals surface area contributed by atoms with Gasteiger partial charge in [0.2, 0.25) is 0 Å². The van der Waals surface area contributed by atoms with E-state index in [1.54, 1.807) is 18.9 Å². The number of carbonyl (C=O) groups is 1. The van der Waals surface area contributed by atoms with Gasteiger partial charge in [0, 0.05) is 13.6 Å². The molecular formula is C20H22BrNO4. The van der Waals surface area contributed by atoms with Gasteiger partial charge in [-0.15, -0.1) is 0 Å². The number of hydrogen-bond donors (Lipinski definition) is 0. The molecule has 0 saturated heterocycles. The molecule has 26 heavy (non-hydrogen) atoms. The normalized spacial score (nSPS) is 13.8. The van der Waals surface area contributed by atoms with Crippen LogP contribution < -0.4 is 14.2 Å². The van der Waals surface area contributed by atoms with Crippen LogP contribution in [0.25, 0.3) is 0 Å². The monoisotopic (exact) mass is 419 g/mol. The maximum atomic E-state index is 12.6. The van der Waals surface area contributed by atoms with Crippen molar-refractivity contribution in [2.24, 2.45) is 0 Å². The van der Waals surface area contributed by atoms with Crippen LogP contribution in [0.5, 0.6) is 17.2 Å². The highest BCUT2D eigenvalue weighted by Crippen LogP contribution is 2.31. The van der Waals surface area contributed by atoms with Crippen LogP contribution in [0.3, 0.4) is 0 Å². The molecule has 0 spiro atoms. The molecule has 138 valence electrons. The second-order valence-electron chi connectivity index (χ2n) is 6.37. The van der Waals surface area contributed by atoms with Gasteiger partial charge in [0.15, 0.2) is 17.6 Å². The van der Waals surface area contributed by atoms with Crippen LogP contribution in [0.1, 0.15) is 18.1 Å². The van der Waals surface area contributed by atoms with Crippen molar-refractivity contribution in [3.8, 4) is 17.2 Å². The average Bonchev–Trinajstić information content (AvgIpc) is 2.63. The summed E-state index contributed by atoms with van der Waals surface area (Å²) in [4.78, 5) is 14.3. The van der Waals surface area contributed by atoms with Crippen molar-refractivity contribution in [2.75, 3.05) is 20.3 Å². The Morgan fingerprint density at radius 3 is 2.65 bits per heavy atom. The van der Waals surface area contributed by atoms with Gasteiger partial charge in [-0.1, -0.05) is 12.1 Å². The quantitative estimate of drug-likeness (QED) is 0.735. The van der Waals surface area contributed by atoms with Gasteiger partial charge in [-0.3, -0.25) is 4.79 Å². The zero-order chi connectivity index (χ0) is 18.7. The molecule has 1 aliphatic heterocycles. The topological polar surface area (TPSA) is 48.0 Å². The third-order valence-electron chi connectivity index (χ3n) is 4.14. The third-order valence-corrected chi connectivity index (χ3v) is 4.76. The molecule has 2 aromatic carbocycles. The maximum absolute atomic E-state index is 12.6. The van der Waals surface area contributed by atoms with E-state index in [4.69, 9.17) is 14.2 Å². The van der Waals surface area contributed by atoms with E-state index in [-0.39, 0.29) is 5.91 Å². The summed E-state index contributed by atoms with van der Waals surface area (Å²) in [5.41, 5.74) is 2.10. The number of rotatable bonds is 5. The minimum absolute atomic E-state index is 0.0904. The molecule has 0 fully saturated rings. The summed E-state index contributed by atoms with van der Waals surface area (Å²) < 4.78 is 17.8. The number of halogens is 1. The van der Waals surface area contributed by atoms with Gasteiger partial charge in [-0.25, -0.2) is 0 Å². The molecule has 2 aromatic rings. The maximum Gasteiger partial charge on any atom is 0.263 e. The summed E-state index contributed by atoms with van der Waals surface area (Å²) in [6.45, 7) is 5.34. The van der Waals surface area contributed by atoms with Gasteiger partial charge < -0.3 is 19.1 Å². The Morgan fingerprint density at radius 1 is 1.19 bits per heavy atom. The average molecular weight is 420 g/mol. The van der Waals surface area contributed by atoms with Crippen molar-refractivity contribution < 1.29 is 19.0 Å². The number of likely N-dealkylation sites (N-methyl/N-ethyl adjacent to an activating group) is 1. The first-order chi connectivity index (χ1) is 12.4. The number of ether oxygens (including phenoxy) is 3.